The van der Waals surface area contributed by atoms with Crippen LogP contribution in [0.1, 0.15) is 16.8 Å². The van der Waals surface area contributed by atoms with Crippen LogP contribution in [0, 0.1) is 0 Å². The summed E-state index contributed by atoms with van der Waals surface area (Å²) in [6.07, 6.45) is -3.66. The van der Waals surface area contributed by atoms with Crippen LogP contribution in [-0.2, 0) is 16.6 Å². The minimum atomic E-state index is -4.58. The number of hydrogen-bond acceptors (Lipinski definition) is 3. The van der Waals surface area contributed by atoms with Crippen molar-refractivity contribution in [3.05, 3.63) is 59.4 Å². The molecule has 1 aliphatic rings. The van der Waals surface area contributed by atoms with E-state index in [0.717, 1.165) is 12.3 Å². The summed E-state index contributed by atoms with van der Waals surface area (Å²) in [7, 11) is 0. The minimum absolute atomic E-state index is 0.182. The quantitative estimate of drug-likeness (QED) is 0.848. The highest BCUT2D eigenvalue weighted by Gasteiger charge is 2.48. The van der Waals surface area contributed by atoms with Gasteiger partial charge in [-0.2, -0.15) is 13.2 Å². The number of para-hydroxylation sites is 1. The maximum Gasteiger partial charge on any atom is 0.416 e. The van der Waals surface area contributed by atoms with Crippen molar-refractivity contribution >= 4 is 11.6 Å². The van der Waals surface area contributed by atoms with Crippen LogP contribution in [0.4, 0.5) is 18.9 Å². The lowest BCUT2D eigenvalue weighted by atomic mass is 9.90. The average molecular weight is 294 g/mol. The summed E-state index contributed by atoms with van der Waals surface area (Å²) in [5.41, 5.74) is -3.03. The van der Waals surface area contributed by atoms with E-state index < -0.39 is 23.2 Å². The van der Waals surface area contributed by atoms with Crippen molar-refractivity contribution in [2.75, 3.05) is 5.32 Å². The average Bonchev–Trinajstić information content (AvgIpc) is 2.71. The first-order valence-corrected chi connectivity index (χ1v) is 6.00. The molecular formula is C14H9F3N2O2. The molecule has 1 aliphatic heterocycles. The molecule has 0 fully saturated rings. The molecule has 1 aromatic heterocycles. The summed E-state index contributed by atoms with van der Waals surface area (Å²) in [6, 6.07) is 7.71. The van der Waals surface area contributed by atoms with Crippen LogP contribution in [0.15, 0.2) is 42.6 Å². The predicted octanol–water partition coefficient (Wildman–Crippen LogP) is 2.29. The molecule has 1 unspecified atom stereocenters. The van der Waals surface area contributed by atoms with Crippen molar-refractivity contribution in [1.82, 2.24) is 4.98 Å². The van der Waals surface area contributed by atoms with Crippen molar-refractivity contribution in [3.8, 4) is 0 Å². The van der Waals surface area contributed by atoms with Crippen LogP contribution in [-0.4, -0.2) is 16.0 Å². The number of amides is 1. The van der Waals surface area contributed by atoms with E-state index in [1.54, 1.807) is 18.2 Å². The van der Waals surface area contributed by atoms with Crippen LogP contribution in [0.2, 0.25) is 0 Å². The first-order valence-electron chi connectivity index (χ1n) is 6.00. The second-order valence-corrected chi connectivity index (χ2v) is 4.64. The molecule has 0 saturated heterocycles. The Labute approximate surface area is 117 Å². The number of benzene rings is 1. The smallest absolute Gasteiger partial charge is 0.370 e. The molecule has 4 nitrogen and oxygen atoms in total. The third-order valence-electron chi connectivity index (χ3n) is 3.35. The topological polar surface area (TPSA) is 62.2 Å². The molecule has 2 aromatic rings. The molecule has 3 rings (SSSR count). The van der Waals surface area contributed by atoms with Gasteiger partial charge in [-0.1, -0.05) is 18.2 Å². The van der Waals surface area contributed by atoms with Crippen LogP contribution >= 0.6 is 0 Å². The lowest BCUT2D eigenvalue weighted by Gasteiger charge is -2.21. The zero-order chi connectivity index (χ0) is 15.3. The molecule has 0 aliphatic carbocycles. The summed E-state index contributed by atoms with van der Waals surface area (Å²) >= 11 is 0. The second-order valence-electron chi connectivity index (χ2n) is 4.64. The maximum absolute atomic E-state index is 12.8. The highest BCUT2D eigenvalue weighted by atomic mass is 19.4. The Morgan fingerprint density at radius 3 is 2.62 bits per heavy atom. The largest absolute Gasteiger partial charge is 0.416 e. The number of pyridine rings is 1. The van der Waals surface area contributed by atoms with E-state index in [1.807, 2.05) is 0 Å². The predicted molar refractivity (Wildman–Crippen MR) is 67.3 cm³/mol. The Balaban J connectivity index is 2.18. The summed E-state index contributed by atoms with van der Waals surface area (Å²) in [5, 5.41) is 13.1. The fourth-order valence-electron chi connectivity index (χ4n) is 2.30. The van der Waals surface area contributed by atoms with Gasteiger partial charge in [-0.05, 0) is 18.2 Å². The van der Waals surface area contributed by atoms with E-state index in [4.69, 9.17) is 0 Å². The molecule has 2 heterocycles. The number of halogens is 3. The number of anilines is 1. The fraction of sp³-hybridized carbons (Fsp3) is 0.143. The Hall–Kier alpha value is -2.41. The number of carbonyl (C=O) groups is 1. The molecule has 1 aromatic carbocycles. The normalized spacial score (nSPS) is 21.0. The zero-order valence-electron chi connectivity index (χ0n) is 10.5. The molecule has 108 valence electrons. The van der Waals surface area contributed by atoms with Gasteiger partial charge in [0.25, 0.3) is 5.91 Å². The van der Waals surface area contributed by atoms with Crippen LogP contribution in [0.5, 0.6) is 0 Å². The molecule has 2 N–H and O–H groups in total. The maximum atomic E-state index is 12.8. The van der Waals surface area contributed by atoms with Crippen molar-refractivity contribution in [3.63, 3.8) is 0 Å². The van der Waals surface area contributed by atoms with Gasteiger partial charge in [-0.25, -0.2) is 0 Å². The van der Waals surface area contributed by atoms with Gasteiger partial charge in [0, 0.05) is 17.4 Å². The fourth-order valence-corrected chi connectivity index (χ4v) is 2.30. The van der Waals surface area contributed by atoms with Gasteiger partial charge in [-0.3, -0.25) is 9.78 Å². The van der Waals surface area contributed by atoms with Gasteiger partial charge >= 0.3 is 6.18 Å². The van der Waals surface area contributed by atoms with E-state index in [2.05, 4.69) is 10.3 Å². The van der Waals surface area contributed by atoms with Gasteiger partial charge in [0.15, 0.2) is 0 Å². The van der Waals surface area contributed by atoms with Gasteiger partial charge in [0.1, 0.15) is 0 Å². The lowest BCUT2D eigenvalue weighted by Crippen LogP contribution is -2.36. The third-order valence-corrected chi connectivity index (χ3v) is 3.35. The number of nitrogens with zero attached hydrogens (tertiary/aromatic N) is 1. The van der Waals surface area contributed by atoms with Gasteiger partial charge in [-0.15, -0.1) is 0 Å². The van der Waals surface area contributed by atoms with Crippen molar-refractivity contribution < 1.29 is 23.1 Å². The Morgan fingerprint density at radius 1 is 1.19 bits per heavy atom. The SMILES string of the molecule is O=C1Nc2ccccc2C1(O)c1cc(C(F)(F)F)ccn1. The van der Waals surface area contributed by atoms with E-state index in [1.165, 1.54) is 6.07 Å². The summed E-state index contributed by atoms with van der Waals surface area (Å²) in [4.78, 5) is 15.8. The Kier molecular flexibility index (Phi) is 2.77. The van der Waals surface area contributed by atoms with Crippen molar-refractivity contribution in [2.45, 2.75) is 11.8 Å². The first kappa shape index (κ1) is 13.6. The molecule has 0 saturated carbocycles. The van der Waals surface area contributed by atoms with Crippen molar-refractivity contribution in [2.24, 2.45) is 0 Å². The number of carbonyl (C=O) groups excluding carboxylic acids is 1. The number of hydrogen-bond donors (Lipinski definition) is 2. The van der Waals surface area contributed by atoms with E-state index in [9.17, 15) is 23.1 Å². The summed E-state index contributed by atoms with van der Waals surface area (Å²) in [6.45, 7) is 0. The highest BCUT2D eigenvalue weighted by molar-refractivity contribution is 6.06. The van der Waals surface area contributed by atoms with Gasteiger partial charge in [0.05, 0.1) is 11.3 Å². The number of aromatic nitrogens is 1. The lowest BCUT2D eigenvalue weighted by molar-refractivity contribution is -0.138. The molecule has 1 amide bonds. The molecule has 0 spiro atoms. The van der Waals surface area contributed by atoms with Crippen LogP contribution < -0.4 is 5.32 Å². The molecule has 21 heavy (non-hydrogen) atoms. The third kappa shape index (κ3) is 1.97. The molecule has 7 heteroatoms. The molecular weight excluding hydrogens is 285 g/mol. The Morgan fingerprint density at radius 2 is 1.90 bits per heavy atom. The highest BCUT2D eigenvalue weighted by Crippen LogP contribution is 2.41. The minimum Gasteiger partial charge on any atom is -0.370 e. The van der Waals surface area contributed by atoms with E-state index in [0.29, 0.717) is 11.8 Å². The molecule has 1 atom stereocenters. The summed E-state index contributed by atoms with van der Waals surface area (Å²) in [5.74, 6) is -0.824. The van der Waals surface area contributed by atoms with Crippen molar-refractivity contribution in [1.29, 1.82) is 0 Å². The van der Waals surface area contributed by atoms with E-state index in [-0.39, 0.29) is 11.3 Å². The van der Waals surface area contributed by atoms with Gasteiger partial charge in [0.2, 0.25) is 5.60 Å². The zero-order valence-corrected chi connectivity index (χ0v) is 10.5. The van der Waals surface area contributed by atoms with Crippen LogP contribution in [0.25, 0.3) is 0 Å². The monoisotopic (exact) mass is 294 g/mol. The molecule has 0 radical (unpaired) electrons. The van der Waals surface area contributed by atoms with Gasteiger partial charge < -0.3 is 10.4 Å². The number of fused-ring (bicyclic) bond motifs is 1. The first-order chi connectivity index (χ1) is 9.83. The number of aliphatic hydroxyl groups is 1. The van der Waals surface area contributed by atoms with E-state index >= 15 is 0 Å². The standard InChI is InChI=1S/C14H9F3N2O2/c15-14(16,17)8-5-6-18-11(7-8)13(21)9-3-1-2-4-10(9)19-12(13)20/h1-7,21H,(H,19,20). The Bertz CT molecular complexity index is 730. The summed E-state index contributed by atoms with van der Waals surface area (Å²) < 4.78 is 38.3. The number of nitrogens with one attached hydrogen (secondary N) is 1. The second kappa shape index (κ2) is 4.29. The van der Waals surface area contributed by atoms with Crippen LogP contribution in [0.3, 0.4) is 0 Å². The number of rotatable bonds is 1. The molecule has 0 bridgehead atoms. The number of alkyl halides is 3.